The normalized spacial score (nSPS) is 16.7. The molecule has 0 radical (unpaired) electrons. The minimum absolute atomic E-state index is 0.0592. The van der Waals surface area contributed by atoms with E-state index in [1.54, 1.807) is 45.0 Å². The Morgan fingerprint density at radius 1 is 1.13 bits per heavy atom. The summed E-state index contributed by atoms with van der Waals surface area (Å²) in [5.74, 6) is -2.49. The number of allylic oxidation sites excluding steroid dienone is 1. The molecule has 0 aliphatic carbocycles. The maximum absolute atomic E-state index is 14.2. The minimum atomic E-state index is -0.751. The quantitative estimate of drug-likeness (QED) is 0.624. The van der Waals surface area contributed by atoms with Crippen molar-refractivity contribution < 1.29 is 27.8 Å². The Morgan fingerprint density at radius 2 is 1.77 bits per heavy atom. The molecule has 2 aromatic carbocycles. The molecule has 31 heavy (non-hydrogen) atoms. The Balaban J connectivity index is 2.11. The van der Waals surface area contributed by atoms with E-state index in [0.29, 0.717) is 17.0 Å². The first-order valence-corrected chi connectivity index (χ1v) is 10.0. The molecule has 0 saturated carbocycles. The van der Waals surface area contributed by atoms with E-state index >= 15 is 0 Å². The van der Waals surface area contributed by atoms with E-state index in [2.05, 4.69) is 0 Å². The van der Waals surface area contributed by atoms with Crippen LogP contribution in [0, 0.1) is 11.6 Å². The van der Waals surface area contributed by atoms with Crippen LogP contribution in [0.1, 0.15) is 44.2 Å². The molecule has 0 bridgehead atoms. The van der Waals surface area contributed by atoms with E-state index in [1.165, 1.54) is 18.1 Å². The molecule has 5 nitrogen and oxygen atoms in total. The van der Waals surface area contributed by atoms with Gasteiger partial charge in [-0.2, -0.15) is 0 Å². The van der Waals surface area contributed by atoms with Gasteiger partial charge in [0.05, 0.1) is 25.3 Å². The largest absolute Gasteiger partial charge is 0.496 e. The predicted molar refractivity (Wildman–Crippen MR) is 111 cm³/mol. The van der Waals surface area contributed by atoms with Gasteiger partial charge in [-0.3, -0.25) is 4.79 Å². The van der Waals surface area contributed by atoms with Crippen molar-refractivity contribution >= 4 is 11.9 Å². The highest BCUT2D eigenvalue weighted by Crippen LogP contribution is 2.41. The molecule has 1 atom stereocenters. The number of amides is 1. The molecule has 0 aromatic heterocycles. The summed E-state index contributed by atoms with van der Waals surface area (Å²) in [6.45, 7) is 4.73. The summed E-state index contributed by atoms with van der Waals surface area (Å²) in [4.78, 5) is 27.3. The average Bonchev–Trinajstić information content (AvgIpc) is 2.71. The van der Waals surface area contributed by atoms with Gasteiger partial charge >= 0.3 is 5.97 Å². The molecule has 0 fully saturated rings. The average molecular weight is 429 g/mol. The number of ether oxygens (including phenoxy) is 2. The molecule has 7 heteroatoms. The highest BCUT2D eigenvalue weighted by molar-refractivity contribution is 5.96. The number of carbonyl (C=O) groups excluding carboxylic acids is 2. The van der Waals surface area contributed by atoms with E-state index in [9.17, 15) is 18.4 Å². The fraction of sp³-hybridized carbons (Fsp3) is 0.333. The second-order valence-corrected chi connectivity index (χ2v) is 7.63. The van der Waals surface area contributed by atoms with Crippen LogP contribution in [0.3, 0.4) is 0 Å². The fourth-order valence-corrected chi connectivity index (χ4v) is 3.81. The van der Waals surface area contributed by atoms with Crippen LogP contribution >= 0.6 is 0 Å². The van der Waals surface area contributed by atoms with Crippen LogP contribution in [0.4, 0.5) is 8.78 Å². The molecule has 2 aromatic rings. The SMILES string of the molecule is COc1ccccc1C1CC(=O)N(Cc2c(F)cccc2F)C(C)=C1C(=O)OC(C)C. The summed E-state index contributed by atoms with van der Waals surface area (Å²) >= 11 is 0. The highest BCUT2D eigenvalue weighted by atomic mass is 19.1. The Labute approximate surface area is 180 Å². The molecular weight excluding hydrogens is 404 g/mol. The van der Waals surface area contributed by atoms with Gasteiger partial charge in [0.25, 0.3) is 0 Å². The molecular formula is C24H25F2NO4. The smallest absolute Gasteiger partial charge is 0.336 e. The van der Waals surface area contributed by atoms with Gasteiger partial charge in [-0.25, -0.2) is 13.6 Å². The van der Waals surface area contributed by atoms with Crippen LogP contribution in [0.5, 0.6) is 5.75 Å². The number of halogens is 2. The number of methoxy groups -OCH3 is 1. The molecule has 0 N–H and O–H groups in total. The van der Waals surface area contributed by atoms with E-state index < -0.39 is 23.5 Å². The zero-order valence-corrected chi connectivity index (χ0v) is 17.9. The van der Waals surface area contributed by atoms with Crippen molar-refractivity contribution in [2.24, 2.45) is 0 Å². The number of esters is 1. The highest BCUT2D eigenvalue weighted by Gasteiger charge is 2.38. The third kappa shape index (κ3) is 4.60. The molecule has 1 amide bonds. The van der Waals surface area contributed by atoms with E-state index in [1.807, 2.05) is 0 Å². The van der Waals surface area contributed by atoms with Crippen molar-refractivity contribution in [3.63, 3.8) is 0 Å². The van der Waals surface area contributed by atoms with E-state index in [0.717, 1.165) is 12.1 Å². The number of benzene rings is 2. The number of para-hydroxylation sites is 1. The van der Waals surface area contributed by atoms with Gasteiger partial charge in [0.1, 0.15) is 17.4 Å². The van der Waals surface area contributed by atoms with Gasteiger partial charge < -0.3 is 14.4 Å². The Bertz CT molecular complexity index is 1010. The molecule has 1 aliphatic heterocycles. The van der Waals surface area contributed by atoms with Gasteiger partial charge in [-0.1, -0.05) is 24.3 Å². The van der Waals surface area contributed by atoms with E-state index in [4.69, 9.17) is 9.47 Å². The first-order chi connectivity index (χ1) is 14.7. The van der Waals surface area contributed by atoms with Crippen LogP contribution in [0.25, 0.3) is 0 Å². The summed E-state index contributed by atoms with van der Waals surface area (Å²) in [5, 5.41) is 0. The summed E-state index contributed by atoms with van der Waals surface area (Å²) in [6.07, 6.45) is -0.433. The number of nitrogens with zero attached hydrogens (tertiary/aromatic N) is 1. The van der Waals surface area contributed by atoms with Crippen LogP contribution < -0.4 is 4.74 Å². The van der Waals surface area contributed by atoms with Gasteiger partial charge in [0, 0.05) is 29.2 Å². The molecule has 3 rings (SSSR count). The van der Waals surface area contributed by atoms with Crippen molar-refractivity contribution in [3.05, 3.63) is 76.5 Å². The second kappa shape index (κ2) is 9.29. The molecule has 164 valence electrons. The lowest BCUT2D eigenvalue weighted by molar-refractivity contribution is -0.143. The maximum Gasteiger partial charge on any atom is 0.336 e. The summed E-state index contributed by atoms with van der Waals surface area (Å²) in [6, 6.07) is 10.7. The lowest BCUT2D eigenvalue weighted by Crippen LogP contribution is -2.38. The summed E-state index contributed by atoms with van der Waals surface area (Å²) < 4.78 is 39.3. The second-order valence-electron chi connectivity index (χ2n) is 7.63. The van der Waals surface area contributed by atoms with Crippen LogP contribution in [-0.2, 0) is 20.9 Å². The standard InChI is InChI=1S/C24H25F2NO4/c1-14(2)31-24(29)23-15(3)27(13-18-19(25)9-7-10-20(18)26)22(28)12-17(23)16-8-5-6-11-21(16)30-4/h5-11,14,17H,12-13H2,1-4H3. The van der Waals surface area contributed by atoms with Crippen molar-refractivity contribution in [1.29, 1.82) is 0 Å². The monoisotopic (exact) mass is 429 g/mol. The molecule has 0 saturated heterocycles. The number of hydrogen-bond acceptors (Lipinski definition) is 4. The van der Waals surface area contributed by atoms with Crippen LogP contribution in [0.2, 0.25) is 0 Å². The zero-order chi connectivity index (χ0) is 22.7. The van der Waals surface area contributed by atoms with Crippen LogP contribution in [0.15, 0.2) is 53.7 Å². The Morgan fingerprint density at radius 3 is 2.39 bits per heavy atom. The minimum Gasteiger partial charge on any atom is -0.496 e. The predicted octanol–water partition coefficient (Wildman–Crippen LogP) is 4.72. The lowest BCUT2D eigenvalue weighted by Gasteiger charge is -2.35. The maximum atomic E-state index is 14.2. The van der Waals surface area contributed by atoms with Crippen molar-refractivity contribution in [1.82, 2.24) is 4.90 Å². The first-order valence-electron chi connectivity index (χ1n) is 10.0. The van der Waals surface area contributed by atoms with Crippen molar-refractivity contribution in [3.8, 4) is 5.75 Å². The van der Waals surface area contributed by atoms with Crippen molar-refractivity contribution in [2.45, 2.75) is 45.8 Å². The number of carbonyl (C=O) groups is 2. The Kier molecular flexibility index (Phi) is 6.73. The van der Waals surface area contributed by atoms with Gasteiger partial charge in [-0.05, 0) is 39.0 Å². The topological polar surface area (TPSA) is 55.8 Å². The van der Waals surface area contributed by atoms with Crippen LogP contribution in [-0.4, -0.2) is 30.0 Å². The fourth-order valence-electron chi connectivity index (χ4n) is 3.81. The summed E-state index contributed by atoms with van der Waals surface area (Å²) in [7, 11) is 1.51. The third-order valence-corrected chi connectivity index (χ3v) is 5.28. The lowest BCUT2D eigenvalue weighted by atomic mass is 9.83. The van der Waals surface area contributed by atoms with Gasteiger partial charge in [0.2, 0.25) is 5.91 Å². The molecule has 1 unspecified atom stereocenters. The Hall–Kier alpha value is -3.22. The number of rotatable bonds is 6. The third-order valence-electron chi connectivity index (χ3n) is 5.28. The van der Waals surface area contributed by atoms with Gasteiger partial charge in [0.15, 0.2) is 0 Å². The summed E-state index contributed by atoms with van der Waals surface area (Å²) in [5.41, 5.74) is 1.02. The van der Waals surface area contributed by atoms with E-state index in [-0.39, 0.29) is 36.1 Å². The number of hydrogen-bond donors (Lipinski definition) is 0. The van der Waals surface area contributed by atoms with Crippen molar-refractivity contribution in [2.75, 3.05) is 7.11 Å². The first kappa shape index (κ1) is 22.5. The molecule has 1 heterocycles. The molecule has 1 aliphatic rings. The zero-order valence-electron chi connectivity index (χ0n) is 17.9. The van der Waals surface area contributed by atoms with Gasteiger partial charge in [-0.15, -0.1) is 0 Å². The molecule has 0 spiro atoms.